The van der Waals surface area contributed by atoms with Gasteiger partial charge in [-0.15, -0.1) is 5.06 Å². The highest BCUT2D eigenvalue weighted by atomic mass is 16.7. The summed E-state index contributed by atoms with van der Waals surface area (Å²) in [6.45, 7) is 6.80. The summed E-state index contributed by atoms with van der Waals surface area (Å²) in [5.41, 5.74) is 3.03. The largest absolute Gasteiger partial charge is 0.493 e. The molecule has 2 aromatic carbocycles. The van der Waals surface area contributed by atoms with Crippen molar-refractivity contribution in [1.82, 2.24) is 5.06 Å². The van der Waals surface area contributed by atoms with E-state index in [0.717, 1.165) is 16.9 Å². The number of allylic oxidation sites excluding steroid dienone is 1. The Kier molecular flexibility index (Phi) is 6.67. The van der Waals surface area contributed by atoms with E-state index >= 15 is 0 Å². The van der Waals surface area contributed by atoms with Crippen LogP contribution in [0.15, 0.2) is 58.8 Å². The first-order valence-electron chi connectivity index (χ1n) is 11.0. The van der Waals surface area contributed by atoms with Crippen molar-refractivity contribution >= 4 is 23.7 Å². The molecule has 0 radical (unpaired) electrons. The number of rotatable bonds is 8. The highest BCUT2D eigenvalue weighted by Crippen LogP contribution is 2.30. The molecule has 4 rings (SSSR count). The number of nitrogens with zero attached hydrogens (tertiary/aromatic N) is 2. The Labute approximate surface area is 198 Å². The molecule has 0 fully saturated rings. The number of amidine groups is 2. The maximum Gasteiger partial charge on any atom is 0.282 e. The van der Waals surface area contributed by atoms with Crippen molar-refractivity contribution in [2.75, 3.05) is 20.3 Å². The molecule has 34 heavy (non-hydrogen) atoms. The molecule has 0 bridgehead atoms. The smallest absolute Gasteiger partial charge is 0.282 e. The summed E-state index contributed by atoms with van der Waals surface area (Å²) in [5.74, 6) is 2.36. The second-order valence-electron chi connectivity index (χ2n) is 8.00. The van der Waals surface area contributed by atoms with Crippen molar-refractivity contribution in [2.45, 2.75) is 27.2 Å². The summed E-state index contributed by atoms with van der Waals surface area (Å²) in [6.07, 6.45) is 3.91. The van der Waals surface area contributed by atoms with E-state index < -0.39 is 5.91 Å². The van der Waals surface area contributed by atoms with Gasteiger partial charge in [-0.25, -0.2) is 0 Å². The number of hydrogen-bond acceptors (Lipinski definition) is 6. The first kappa shape index (κ1) is 23.1. The van der Waals surface area contributed by atoms with Gasteiger partial charge in [-0.3, -0.25) is 10.2 Å². The molecule has 2 heterocycles. The maximum absolute atomic E-state index is 12.5. The lowest BCUT2D eigenvalue weighted by Gasteiger charge is -2.23. The number of fused-ring (bicyclic) bond motifs is 1. The quantitative estimate of drug-likeness (QED) is 0.456. The molecule has 2 aliphatic heterocycles. The van der Waals surface area contributed by atoms with Crippen LogP contribution in [0.5, 0.6) is 17.2 Å². The molecule has 0 atom stereocenters. The highest BCUT2D eigenvalue weighted by Gasteiger charge is 2.34. The molecule has 0 spiro atoms. The zero-order valence-corrected chi connectivity index (χ0v) is 19.7. The SMILES string of the molecule is COc1cc(/C=C2\C(=N)N3OC(C)=CC3=NC2=O)ccc1OCCCOc1c(C)cccc1C. The van der Waals surface area contributed by atoms with Gasteiger partial charge in [-0.2, -0.15) is 4.99 Å². The molecule has 0 unspecified atom stereocenters. The number of para-hydroxylation sites is 1. The van der Waals surface area contributed by atoms with Gasteiger partial charge in [0.25, 0.3) is 5.91 Å². The second kappa shape index (κ2) is 9.82. The molecule has 176 valence electrons. The van der Waals surface area contributed by atoms with Crippen molar-refractivity contribution in [3.8, 4) is 17.2 Å². The number of carbonyl (C=O) groups excluding carboxylic acids is 1. The number of benzene rings is 2. The van der Waals surface area contributed by atoms with Gasteiger partial charge in [0.15, 0.2) is 23.2 Å². The van der Waals surface area contributed by atoms with Gasteiger partial charge in [0.1, 0.15) is 11.5 Å². The molecule has 8 nitrogen and oxygen atoms in total. The fraction of sp³-hybridized carbons (Fsp3) is 0.269. The number of aliphatic imine (C=N–C) groups is 1. The molecule has 1 amide bonds. The molecule has 0 saturated carbocycles. The second-order valence-corrected chi connectivity index (χ2v) is 8.00. The van der Waals surface area contributed by atoms with Gasteiger partial charge in [-0.1, -0.05) is 24.3 Å². The molecule has 2 aliphatic rings. The Morgan fingerprint density at radius 3 is 2.53 bits per heavy atom. The Morgan fingerprint density at radius 2 is 1.79 bits per heavy atom. The Bertz CT molecular complexity index is 1210. The van der Waals surface area contributed by atoms with Gasteiger partial charge in [0, 0.05) is 12.5 Å². The Balaban J connectivity index is 1.38. The van der Waals surface area contributed by atoms with E-state index in [4.69, 9.17) is 24.5 Å². The lowest BCUT2D eigenvalue weighted by molar-refractivity contribution is -0.114. The van der Waals surface area contributed by atoms with Crippen LogP contribution in [-0.2, 0) is 9.63 Å². The van der Waals surface area contributed by atoms with E-state index in [0.29, 0.717) is 48.3 Å². The number of methoxy groups -OCH3 is 1. The number of ether oxygens (including phenoxy) is 3. The van der Waals surface area contributed by atoms with Crippen LogP contribution in [0, 0.1) is 19.3 Å². The van der Waals surface area contributed by atoms with E-state index in [-0.39, 0.29) is 11.4 Å². The van der Waals surface area contributed by atoms with Crippen LogP contribution in [-0.4, -0.2) is 43.0 Å². The number of carbonyl (C=O) groups is 1. The van der Waals surface area contributed by atoms with Gasteiger partial charge in [0.05, 0.1) is 25.9 Å². The van der Waals surface area contributed by atoms with Crippen LogP contribution in [0.3, 0.4) is 0 Å². The molecule has 0 saturated heterocycles. The highest BCUT2D eigenvalue weighted by molar-refractivity contribution is 6.32. The molecule has 8 heteroatoms. The third-order valence-corrected chi connectivity index (χ3v) is 5.38. The summed E-state index contributed by atoms with van der Waals surface area (Å²) in [5, 5.41) is 9.57. The first-order valence-corrected chi connectivity index (χ1v) is 11.0. The number of nitrogens with one attached hydrogen (secondary N) is 1. The first-order chi connectivity index (χ1) is 16.4. The number of hydrogen-bond donors (Lipinski definition) is 1. The average molecular weight is 462 g/mol. The normalized spacial score (nSPS) is 16.1. The molecule has 2 aromatic rings. The van der Waals surface area contributed by atoms with Crippen molar-refractivity contribution in [3.05, 3.63) is 70.5 Å². The third kappa shape index (κ3) is 4.80. The minimum absolute atomic E-state index is 0.0636. The van der Waals surface area contributed by atoms with E-state index in [2.05, 4.69) is 4.99 Å². The Hall–Kier alpha value is -4.07. The average Bonchev–Trinajstić information content (AvgIpc) is 3.18. The lowest BCUT2D eigenvalue weighted by atomic mass is 10.1. The van der Waals surface area contributed by atoms with Gasteiger partial charge in [-0.05, 0) is 55.7 Å². The predicted octanol–water partition coefficient (Wildman–Crippen LogP) is 4.61. The van der Waals surface area contributed by atoms with Crippen LogP contribution in [0.1, 0.15) is 30.0 Å². The minimum Gasteiger partial charge on any atom is -0.493 e. The summed E-state index contributed by atoms with van der Waals surface area (Å²) >= 11 is 0. The van der Waals surface area contributed by atoms with Crippen molar-refractivity contribution in [3.63, 3.8) is 0 Å². The molecule has 0 aliphatic carbocycles. The number of hydroxylamine groups is 2. The van der Waals surface area contributed by atoms with Crippen LogP contribution < -0.4 is 14.2 Å². The zero-order chi connectivity index (χ0) is 24.2. The van der Waals surface area contributed by atoms with Gasteiger partial charge >= 0.3 is 0 Å². The summed E-state index contributed by atoms with van der Waals surface area (Å²) in [7, 11) is 1.56. The number of amides is 1. The summed E-state index contributed by atoms with van der Waals surface area (Å²) in [6, 6.07) is 11.4. The van der Waals surface area contributed by atoms with Crippen LogP contribution in [0.4, 0.5) is 0 Å². The molecule has 0 aromatic heterocycles. The molecular formula is C26H27N3O5. The minimum atomic E-state index is -0.492. The zero-order valence-electron chi connectivity index (χ0n) is 19.7. The van der Waals surface area contributed by atoms with Crippen molar-refractivity contribution in [1.29, 1.82) is 5.41 Å². The van der Waals surface area contributed by atoms with E-state index in [1.807, 2.05) is 32.0 Å². The summed E-state index contributed by atoms with van der Waals surface area (Å²) < 4.78 is 17.3. The maximum atomic E-state index is 12.5. The van der Waals surface area contributed by atoms with Crippen molar-refractivity contribution < 1.29 is 23.8 Å². The van der Waals surface area contributed by atoms with E-state index in [1.54, 1.807) is 44.4 Å². The van der Waals surface area contributed by atoms with Crippen LogP contribution >= 0.6 is 0 Å². The van der Waals surface area contributed by atoms with Crippen molar-refractivity contribution in [2.24, 2.45) is 4.99 Å². The monoisotopic (exact) mass is 461 g/mol. The molecule has 1 N–H and O–H groups in total. The van der Waals surface area contributed by atoms with Crippen LogP contribution in [0.2, 0.25) is 0 Å². The number of aryl methyl sites for hydroxylation is 2. The predicted molar refractivity (Wildman–Crippen MR) is 129 cm³/mol. The fourth-order valence-electron chi connectivity index (χ4n) is 3.70. The van der Waals surface area contributed by atoms with E-state index in [9.17, 15) is 4.79 Å². The standard InChI is InChI=1S/C26H27N3O5/c1-16-7-5-8-17(2)24(16)33-12-6-11-32-21-10-9-19(15-22(21)31-4)14-20-25(27)29-23(28-26(20)30)13-18(3)34-29/h5,7-10,13-15,27H,6,11-12H2,1-4H3/b20-14+,27-25?. The fourth-order valence-corrected chi connectivity index (χ4v) is 3.70. The van der Waals surface area contributed by atoms with Gasteiger partial charge in [0.2, 0.25) is 0 Å². The van der Waals surface area contributed by atoms with Crippen LogP contribution in [0.25, 0.3) is 6.08 Å². The van der Waals surface area contributed by atoms with Gasteiger partial charge < -0.3 is 19.0 Å². The summed E-state index contributed by atoms with van der Waals surface area (Å²) in [4.78, 5) is 21.9. The van der Waals surface area contributed by atoms with E-state index in [1.165, 1.54) is 5.06 Å². The topological polar surface area (TPSA) is 93.4 Å². The lowest BCUT2D eigenvalue weighted by Crippen LogP contribution is -2.38. The molecular weight excluding hydrogens is 434 g/mol. The third-order valence-electron chi connectivity index (χ3n) is 5.38. The Morgan fingerprint density at radius 1 is 1.06 bits per heavy atom.